The standard InChI is InChI=1S/C31H34N2O7S/c1-37-26-11-9-23(27(38-2)28(26)39-3)30(34)33-14-12-32(13-15-33)16-17-41-29-22-7-5-4-6-21(22)19-40-25-10-8-20(31(35)36)18-24(25)29/h4-11,18,29H,12-17,19H2,1-3H3,(H,35,36). The summed E-state index contributed by atoms with van der Waals surface area (Å²) in [5, 5.41) is 9.56. The molecule has 1 fully saturated rings. The fourth-order valence-electron chi connectivity index (χ4n) is 5.36. The number of ether oxygens (including phenoxy) is 4. The van der Waals surface area contributed by atoms with Gasteiger partial charge in [0.1, 0.15) is 12.4 Å². The number of nitrogens with zero attached hydrogens (tertiary/aromatic N) is 2. The van der Waals surface area contributed by atoms with Gasteiger partial charge < -0.3 is 29.0 Å². The molecule has 2 aliphatic rings. The fourth-order valence-corrected chi connectivity index (χ4v) is 6.73. The minimum absolute atomic E-state index is 0.0385. The van der Waals surface area contributed by atoms with E-state index in [1.54, 1.807) is 49.2 Å². The van der Waals surface area contributed by atoms with Crippen LogP contribution >= 0.6 is 11.8 Å². The number of amides is 1. The summed E-state index contributed by atoms with van der Waals surface area (Å²) >= 11 is 1.79. The Hall–Kier alpha value is -3.89. The quantitative estimate of drug-likeness (QED) is 0.391. The van der Waals surface area contributed by atoms with Crippen LogP contribution in [0.3, 0.4) is 0 Å². The summed E-state index contributed by atoms with van der Waals surface area (Å²) in [4.78, 5) is 29.3. The molecule has 1 N–H and O–H groups in total. The number of benzene rings is 3. The summed E-state index contributed by atoms with van der Waals surface area (Å²) in [6.07, 6.45) is 0. The summed E-state index contributed by atoms with van der Waals surface area (Å²) in [5.74, 6) is 1.79. The Bertz CT molecular complexity index is 1420. The predicted octanol–water partition coefficient (Wildman–Crippen LogP) is 4.58. The number of fused-ring (bicyclic) bond motifs is 2. The largest absolute Gasteiger partial charge is 0.493 e. The molecule has 1 amide bonds. The Morgan fingerprint density at radius 3 is 2.39 bits per heavy atom. The third-order valence-electron chi connectivity index (χ3n) is 7.55. The van der Waals surface area contributed by atoms with Gasteiger partial charge in [-0.25, -0.2) is 4.79 Å². The van der Waals surface area contributed by atoms with Crippen LogP contribution in [-0.4, -0.2) is 86.6 Å². The second-order valence-electron chi connectivity index (χ2n) is 9.81. The zero-order valence-corrected chi connectivity index (χ0v) is 24.2. The number of piperazine rings is 1. The molecular weight excluding hydrogens is 544 g/mol. The highest BCUT2D eigenvalue weighted by molar-refractivity contribution is 7.99. The summed E-state index contributed by atoms with van der Waals surface area (Å²) in [6.45, 7) is 4.02. The van der Waals surface area contributed by atoms with Crippen molar-refractivity contribution in [1.29, 1.82) is 0 Å². The smallest absolute Gasteiger partial charge is 0.335 e. The van der Waals surface area contributed by atoms with Crippen molar-refractivity contribution in [3.8, 4) is 23.0 Å². The van der Waals surface area contributed by atoms with Gasteiger partial charge in [-0.3, -0.25) is 9.69 Å². The molecule has 9 nitrogen and oxygen atoms in total. The van der Waals surface area contributed by atoms with Crippen LogP contribution in [0.25, 0.3) is 0 Å². The van der Waals surface area contributed by atoms with Crippen molar-refractivity contribution >= 4 is 23.6 Å². The molecule has 2 aliphatic heterocycles. The van der Waals surface area contributed by atoms with E-state index in [-0.39, 0.29) is 16.7 Å². The van der Waals surface area contributed by atoms with E-state index < -0.39 is 5.97 Å². The number of hydrogen-bond acceptors (Lipinski definition) is 8. The Morgan fingerprint density at radius 2 is 1.68 bits per heavy atom. The van der Waals surface area contributed by atoms with Crippen LogP contribution in [0.4, 0.5) is 0 Å². The zero-order chi connectivity index (χ0) is 28.9. The van der Waals surface area contributed by atoms with Crippen LogP contribution < -0.4 is 18.9 Å². The lowest BCUT2D eigenvalue weighted by molar-refractivity contribution is 0.0639. The van der Waals surface area contributed by atoms with Crippen molar-refractivity contribution in [2.24, 2.45) is 0 Å². The maximum Gasteiger partial charge on any atom is 0.335 e. The molecule has 41 heavy (non-hydrogen) atoms. The number of methoxy groups -OCH3 is 3. The number of hydrogen-bond donors (Lipinski definition) is 1. The highest BCUT2D eigenvalue weighted by Gasteiger charge is 2.29. The molecule has 0 saturated carbocycles. The molecule has 1 unspecified atom stereocenters. The normalized spacial score (nSPS) is 16.6. The Labute approximate surface area is 243 Å². The first-order chi connectivity index (χ1) is 19.9. The first kappa shape index (κ1) is 28.6. The zero-order valence-electron chi connectivity index (χ0n) is 23.4. The summed E-state index contributed by atoms with van der Waals surface area (Å²) in [6, 6.07) is 16.7. The van der Waals surface area contributed by atoms with Gasteiger partial charge in [-0.2, -0.15) is 0 Å². The Kier molecular flexibility index (Phi) is 8.90. The molecule has 0 radical (unpaired) electrons. The van der Waals surface area contributed by atoms with E-state index >= 15 is 0 Å². The second-order valence-corrected chi connectivity index (χ2v) is 11.0. The van der Waals surface area contributed by atoms with E-state index in [1.807, 2.05) is 17.0 Å². The number of aromatic carboxylic acids is 1. The second kappa shape index (κ2) is 12.7. The Balaban J connectivity index is 1.24. The number of carboxylic acid groups (broad SMARTS) is 1. The maximum absolute atomic E-state index is 13.4. The van der Waals surface area contributed by atoms with Crippen molar-refractivity contribution in [1.82, 2.24) is 9.80 Å². The van der Waals surface area contributed by atoms with Crippen molar-refractivity contribution in [2.75, 3.05) is 59.8 Å². The topological polar surface area (TPSA) is 97.8 Å². The van der Waals surface area contributed by atoms with Crippen LogP contribution in [0, 0.1) is 0 Å². The van der Waals surface area contributed by atoms with Crippen LogP contribution in [0.2, 0.25) is 0 Å². The van der Waals surface area contributed by atoms with Crippen molar-refractivity contribution in [2.45, 2.75) is 11.9 Å². The molecule has 10 heteroatoms. The lowest BCUT2D eigenvalue weighted by Crippen LogP contribution is -2.49. The summed E-state index contributed by atoms with van der Waals surface area (Å²) < 4.78 is 22.4. The van der Waals surface area contributed by atoms with Crippen molar-refractivity contribution in [3.05, 3.63) is 82.4 Å². The molecule has 0 bridgehead atoms. The summed E-state index contributed by atoms with van der Waals surface area (Å²) in [7, 11) is 4.59. The minimum Gasteiger partial charge on any atom is -0.493 e. The molecular formula is C31H34N2O7S. The predicted molar refractivity (Wildman–Crippen MR) is 157 cm³/mol. The first-order valence-electron chi connectivity index (χ1n) is 13.4. The molecule has 3 aromatic rings. The lowest BCUT2D eigenvalue weighted by atomic mass is 9.98. The molecule has 1 saturated heterocycles. The van der Waals surface area contributed by atoms with Gasteiger partial charge in [0.25, 0.3) is 5.91 Å². The van der Waals surface area contributed by atoms with Crippen LogP contribution in [-0.2, 0) is 6.61 Å². The minimum atomic E-state index is -0.952. The van der Waals surface area contributed by atoms with Gasteiger partial charge in [-0.15, -0.1) is 11.8 Å². The number of thioether (sulfide) groups is 1. The number of rotatable bonds is 9. The third kappa shape index (κ3) is 5.94. The summed E-state index contributed by atoms with van der Waals surface area (Å²) in [5.41, 5.74) is 3.85. The monoisotopic (exact) mass is 578 g/mol. The van der Waals surface area contributed by atoms with E-state index in [9.17, 15) is 14.7 Å². The average Bonchev–Trinajstić information content (AvgIpc) is 3.16. The third-order valence-corrected chi connectivity index (χ3v) is 8.81. The average molecular weight is 579 g/mol. The van der Waals surface area contributed by atoms with Gasteiger partial charge in [-0.05, 0) is 41.5 Å². The van der Waals surface area contributed by atoms with Crippen LogP contribution in [0.15, 0.2) is 54.6 Å². The van der Waals surface area contributed by atoms with E-state index in [1.165, 1.54) is 14.2 Å². The number of carbonyl (C=O) groups excluding carboxylic acids is 1. The maximum atomic E-state index is 13.4. The molecule has 0 aromatic heterocycles. The lowest BCUT2D eigenvalue weighted by Gasteiger charge is -2.35. The van der Waals surface area contributed by atoms with Gasteiger partial charge in [0, 0.05) is 44.0 Å². The Morgan fingerprint density at radius 1 is 0.927 bits per heavy atom. The molecule has 0 aliphatic carbocycles. The van der Waals surface area contributed by atoms with E-state index in [0.29, 0.717) is 42.5 Å². The van der Waals surface area contributed by atoms with Gasteiger partial charge in [-0.1, -0.05) is 24.3 Å². The van der Waals surface area contributed by atoms with Crippen molar-refractivity contribution in [3.63, 3.8) is 0 Å². The highest BCUT2D eigenvalue weighted by Crippen LogP contribution is 2.44. The molecule has 5 rings (SSSR count). The van der Waals surface area contributed by atoms with Gasteiger partial charge in [0.05, 0.1) is 37.7 Å². The number of carbonyl (C=O) groups is 2. The van der Waals surface area contributed by atoms with Crippen LogP contribution in [0.1, 0.15) is 42.7 Å². The van der Waals surface area contributed by atoms with E-state index in [2.05, 4.69) is 17.0 Å². The molecule has 1 atom stereocenters. The number of carboxylic acids is 1. The fraction of sp³-hybridized carbons (Fsp3) is 0.355. The highest BCUT2D eigenvalue weighted by atomic mass is 32.2. The molecule has 3 aromatic carbocycles. The van der Waals surface area contributed by atoms with Gasteiger partial charge in [0.2, 0.25) is 5.75 Å². The SMILES string of the molecule is COc1ccc(C(=O)N2CCN(CCSC3c4ccccc4COc4ccc(C(=O)O)cc43)CC2)c(OC)c1OC. The van der Waals surface area contributed by atoms with Crippen molar-refractivity contribution < 1.29 is 33.6 Å². The molecule has 216 valence electrons. The molecule has 0 spiro atoms. The van der Waals surface area contributed by atoms with E-state index in [0.717, 1.165) is 47.8 Å². The van der Waals surface area contributed by atoms with Crippen LogP contribution in [0.5, 0.6) is 23.0 Å². The molecule has 2 heterocycles. The van der Waals surface area contributed by atoms with Gasteiger partial charge in [0.15, 0.2) is 11.5 Å². The van der Waals surface area contributed by atoms with E-state index in [4.69, 9.17) is 18.9 Å². The first-order valence-corrected chi connectivity index (χ1v) is 14.5. The van der Waals surface area contributed by atoms with Gasteiger partial charge >= 0.3 is 5.97 Å².